The second-order valence-corrected chi connectivity index (χ2v) is 2.80. The van der Waals surface area contributed by atoms with E-state index >= 15 is 0 Å². The molecule has 5 nitrogen and oxygen atoms in total. The number of nitrogens with zero attached hydrogens (tertiary/aromatic N) is 4. The molecule has 2 aromatic heterocycles. The summed E-state index contributed by atoms with van der Waals surface area (Å²) in [6.07, 6.45) is -2.11. The minimum Gasteiger partial charge on any atom is -0.392 e. The maximum atomic E-state index is 12.2. The number of hydrogen-bond donors (Lipinski definition) is 1. The van der Waals surface area contributed by atoms with Gasteiger partial charge in [0.25, 0.3) is 11.6 Å². The normalized spacial score (nSPS) is 12.3. The summed E-state index contributed by atoms with van der Waals surface area (Å²) in [6.45, 7) is -0.315. The van der Waals surface area contributed by atoms with E-state index in [4.69, 9.17) is 5.11 Å². The molecule has 2 aromatic rings. The summed E-state index contributed by atoms with van der Waals surface area (Å²) in [6, 6.07) is 0. The Morgan fingerprint density at radius 3 is 2.73 bits per heavy atom. The Bertz CT molecular complexity index is 492. The van der Waals surface area contributed by atoms with Crippen LogP contribution in [0.25, 0.3) is 5.78 Å². The lowest BCUT2D eigenvalue weighted by Crippen LogP contribution is -2.07. The van der Waals surface area contributed by atoms with E-state index in [-0.39, 0.29) is 12.4 Å². The zero-order valence-corrected chi connectivity index (χ0v) is 7.23. The Morgan fingerprint density at radius 2 is 2.13 bits per heavy atom. The van der Waals surface area contributed by atoms with Gasteiger partial charge in [0.1, 0.15) is 0 Å². The maximum Gasteiger partial charge on any atom is 0.453 e. The van der Waals surface area contributed by atoms with Crippen molar-refractivity contribution in [3.63, 3.8) is 0 Å². The molecule has 0 amide bonds. The van der Waals surface area contributed by atoms with Crippen LogP contribution < -0.4 is 0 Å². The van der Waals surface area contributed by atoms with Crippen molar-refractivity contribution in [3.05, 3.63) is 23.8 Å². The summed E-state index contributed by atoms with van der Waals surface area (Å²) in [5.74, 6) is -1.40. The third kappa shape index (κ3) is 1.75. The largest absolute Gasteiger partial charge is 0.453 e. The summed E-state index contributed by atoms with van der Waals surface area (Å²) in [5, 5.41) is 11.9. The van der Waals surface area contributed by atoms with Crippen LogP contribution in [0.2, 0.25) is 0 Å². The molecule has 0 saturated heterocycles. The Kier molecular flexibility index (Phi) is 2.07. The van der Waals surface area contributed by atoms with Crippen molar-refractivity contribution in [2.24, 2.45) is 0 Å². The molecule has 2 rings (SSSR count). The average Bonchev–Trinajstić information content (AvgIpc) is 2.59. The second-order valence-electron chi connectivity index (χ2n) is 2.80. The van der Waals surface area contributed by atoms with Crippen LogP contribution in [0.4, 0.5) is 13.2 Å². The number of alkyl halides is 3. The number of aromatic nitrogens is 4. The fourth-order valence-corrected chi connectivity index (χ4v) is 1.02. The zero-order valence-electron chi connectivity index (χ0n) is 7.23. The van der Waals surface area contributed by atoms with Crippen LogP contribution in [-0.2, 0) is 12.8 Å². The lowest BCUT2D eigenvalue weighted by Gasteiger charge is -1.96. The fourth-order valence-electron chi connectivity index (χ4n) is 1.02. The van der Waals surface area contributed by atoms with Crippen molar-refractivity contribution in [2.75, 3.05) is 0 Å². The minimum atomic E-state index is -4.59. The minimum absolute atomic E-state index is 0.153. The lowest BCUT2D eigenvalue weighted by molar-refractivity contribution is -0.144. The molecule has 0 aliphatic heterocycles. The topological polar surface area (TPSA) is 63.3 Å². The van der Waals surface area contributed by atoms with E-state index in [0.717, 1.165) is 4.52 Å². The van der Waals surface area contributed by atoms with Gasteiger partial charge in [-0.25, -0.2) is 9.50 Å². The van der Waals surface area contributed by atoms with Gasteiger partial charge in [0.2, 0.25) is 0 Å². The van der Waals surface area contributed by atoms with E-state index in [0.29, 0.717) is 5.56 Å². The predicted octanol–water partition coefficient (Wildman–Crippen LogP) is 0.635. The summed E-state index contributed by atoms with van der Waals surface area (Å²) >= 11 is 0. The molecule has 0 bridgehead atoms. The molecule has 0 fully saturated rings. The third-order valence-electron chi connectivity index (χ3n) is 1.68. The Balaban J connectivity index is 2.56. The van der Waals surface area contributed by atoms with Gasteiger partial charge in [-0.3, -0.25) is 0 Å². The van der Waals surface area contributed by atoms with Gasteiger partial charge in [-0.2, -0.15) is 18.2 Å². The summed E-state index contributed by atoms with van der Waals surface area (Å²) in [7, 11) is 0. The molecule has 1 N–H and O–H groups in total. The number of aliphatic hydroxyl groups excluding tert-OH is 1. The molecule has 15 heavy (non-hydrogen) atoms. The van der Waals surface area contributed by atoms with Crippen molar-refractivity contribution in [1.29, 1.82) is 0 Å². The standard InChI is InChI=1S/C7H5F3N4O/c8-7(9,10)5-12-6-11-1-4(3-15)2-14(6)13-5/h1-2,15H,3H2. The first-order valence-corrected chi connectivity index (χ1v) is 3.90. The molecule has 0 aliphatic rings. The first kappa shape index (κ1) is 9.84. The second kappa shape index (κ2) is 3.16. The number of fused-ring (bicyclic) bond motifs is 1. The molecular weight excluding hydrogens is 213 g/mol. The number of rotatable bonds is 1. The molecule has 8 heteroatoms. The molecule has 0 radical (unpaired) electrons. The SMILES string of the molecule is OCc1cnc2nc(C(F)(F)F)nn2c1. The van der Waals surface area contributed by atoms with Gasteiger partial charge in [0.15, 0.2) is 0 Å². The third-order valence-corrected chi connectivity index (χ3v) is 1.68. The highest BCUT2D eigenvalue weighted by Crippen LogP contribution is 2.26. The van der Waals surface area contributed by atoms with Gasteiger partial charge in [-0.1, -0.05) is 0 Å². The fraction of sp³-hybridized carbons (Fsp3) is 0.286. The molecule has 2 heterocycles. The van der Waals surface area contributed by atoms with E-state index in [1.165, 1.54) is 12.4 Å². The van der Waals surface area contributed by atoms with Crippen molar-refractivity contribution >= 4 is 5.78 Å². The average molecular weight is 218 g/mol. The van der Waals surface area contributed by atoms with Gasteiger partial charge in [-0.15, -0.1) is 5.10 Å². The van der Waals surface area contributed by atoms with Crippen molar-refractivity contribution in [3.8, 4) is 0 Å². The quantitative estimate of drug-likeness (QED) is 0.762. The van der Waals surface area contributed by atoms with Crippen LogP contribution in [0.15, 0.2) is 12.4 Å². The van der Waals surface area contributed by atoms with Gasteiger partial charge in [0.05, 0.1) is 6.61 Å². The Hall–Kier alpha value is -1.70. The predicted molar refractivity (Wildman–Crippen MR) is 41.7 cm³/mol. The van der Waals surface area contributed by atoms with E-state index in [1.54, 1.807) is 0 Å². The first-order chi connectivity index (χ1) is 7.00. The van der Waals surface area contributed by atoms with E-state index in [1.807, 2.05) is 0 Å². The van der Waals surface area contributed by atoms with Crippen molar-refractivity contribution in [1.82, 2.24) is 19.6 Å². The molecule has 0 unspecified atom stereocenters. The molecule has 0 saturated carbocycles. The number of halogens is 3. The maximum absolute atomic E-state index is 12.2. The Morgan fingerprint density at radius 1 is 1.40 bits per heavy atom. The molecule has 0 spiro atoms. The summed E-state index contributed by atoms with van der Waals surface area (Å²) in [5.41, 5.74) is 0.362. The highest BCUT2D eigenvalue weighted by molar-refractivity contribution is 5.27. The molecular formula is C7H5F3N4O. The van der Waals surface area contributed by atoms with Crippen LogP contribution in [0.1, 0.15) is 11.4 Å². The van der Waals surface area contributed by atoms with Gasteiger partial charge in [0, 0.05) is 18.0 Å². The van der Waals surface area contributed by atoms with E-state index < -0.39 is 12.0 Å². The molecule has 0 atom stereocenters. The lowest BCUT2D eigenvalue weighted by atomic mass is 10.4. The van der Waals surface area contributed by atoms with Crippen LogP contribution >= 0.6 is 0 Å². The van der Waals surface area contributed by atoms with Crippen LogP contribution in [0, 0.1) is 0 Å². The number of hydrogen-bond acceptors (Lipinski definition) is 4. The highest BCUT2D eigenvalue weighted by Gasteiger charge is 2.36. The smallest absolute Gasteiger partial charge is 0.392 e. The number of aliphatic hydroxyl groups is 1. The van der Waals surface area contributed by atoms with Crippen LogP contribution in [-0.4, -0.2) is 24.7 Å². The van der Waals surface area contributed by atoms with Gasteiger partial charge in [-0.05, 0) is 0 Å². The van der Waals surface area contributed by atoms with Crippen LogP contribution in [0.3, 0.4) is 0 Å². The van der Waals surface area contributed by atoms with Crippen molar-refractivity contribution in [2.45, 2.75) is 12.8 Å². The summed E-state index contributed by atoms with van der Waals surface area (Å²) in [4.78, 5) is 6.81. The molecule has 0 aliphatic carbocycles. The van der Waals surface area contributed by atoms with Gasteiger partial charge >= 0.3 is 6.18 Å². The van der Waals surface area contributed by atoms with E-state index in [9.17, 15) is 13.2 Å². The molecule has 80 valence electrons. The molecule has 0 aromatic carbocycles. The zero-order chi connectivity index (χ0) is 11.1. The van der Waals surface area contributed by atoms with E-state index in [2.05, 4.69) is 15.1 Å². The highest BCUT2D eigenvalue weighted by atomic mass is 19.4. The van der Waals surface area contributed by atoms with Gasteiger partial charge < -0.3 is 5.11 Å². The Labute approximate surface area is 81.2 Å². The van der Waals surface area contributed by atoms with Crippen molar-refractivity contribution < 1.29 is 18.3 Å². The monoisotopic (exact) mass is 218 g/mol. The van der Waals surface area contributed by atoms with Crippen LogP contribution in [0.5, 0.6) is 0 Å². The summed E-state index contributed by atoms with van der Waals surface area (Å²) < 4.78 is 37.5. The first-order valence-electron chi connectivity index (χ1n) is 3.90.